The Morgan fingerprint density at radius 2 is 2.10 bits per heavy atom. The van der Waals surface area contributed by atoms with Crippen LogP contribution in [0.4, 0.5) is 16.2 Å². The summed E-state index contributed by atoms with van der Waals surface area (Å²) in [4.78, 5) is 13.4. The van der Waals surface area contributed by atoms with Gasteiger partial charge < -0.3 is 20.1 Å². The molecule has 21 heavy (non-hydrogen) atoms. The number of urea groups is 1. The molecule has 2 fully saturated rings. The van der Waals surface area contributed by atoms with Crippen molar-refractivity contribution in [2.45, 2.75) is 25.7 Å². The Hall–Kier alpha value is -1.79. The van der Waals surface area contributed by atoms with Crippen molar-refractivity contribution in [3.05, 3.63) is 24.3 Å². The molecule has 2 aliphatic heterocycles. The van der Waals surface area contributed by atoms with Crippen molar-refractivity contribution in [3.63, 3.8) is 0 Å². The Bertz CT molecular complexity index is 523. The van der Waals surface area contributed by atoms with Crippen LogP contribution in [0, 0.1) is 0 Å². The van der Waals surface area contributed by atoms with Crippen molar-refractivity contribution >= 4 is 17.4 Å². The number of rotatable bonds is 3. The number of carbonyl (C=O) groups excluding carboxylic acids is 1. The largest absolute Gasteiger partial charge is 0.378 e. The number of amides is 2. The first-order chi connectivity index (χ1) is 10.0. The van der Waals surface area contributed by atoms with E-state index in [1.807, 2.05) is 38.1 Å². The number of nitrogens with zero attached hydrogens (tertiary/aromatic N) is 1. The summed E-state index contributed by atoms with van der Waals surface area (Å²) in [6, 6.07) is 7.91. The molecule has 2 heterocycles. The molecule has 2 amide bonds. The maximum absolute atomic E-state index is 11.7. The summed E-state index contributed by atoms with van der Waals surface area (Å²) in [6.45, 7) is 6.41. The number of hydrogen-bond acceptors (Lipinski definition) is 4. The van der Waals surface area contributed by atoms with Crippen LogP contribution in [0.5, 0.6) is 0 Å². The molecule has 1 aromatic rings. The van der Waals surface area contributed by atoms with Gasteiger partial charge in [-0.05, 0) is 32.0 Å². The van der Waals surface area contributed by atoms with E-state index in [0.29, 0.717) is 26.3 Å². The molecule has 0 atom stereocenters. The van der Waals surface area contributed by atoms with E-state index < -0.39 is 5.79 Å². The fourth-order valence-electron chi connectivity index (χ4n) is 2.49. The van der Waals surface area contributed by atoms with Crippen molar-refractivity contribution in [1.29, 1.82) is 0 Å². The zero-order valence-corrected chi connectivity index (χ0v) is 12.4. The Labute approximate surface area is 124 Å². The van der Waals surface area contributed by atoms with Gasteiger partial charge >= 0.3 is 6.03 Å². The first-order valence-electron chi connectivity index (χ1n) is 7.23. The molecule has 0 bridgehead atoms. The summed E-state index contributed by atoms with van der Waals surface area (Å²) in [7, 11) is 0. The maximum atomic E-state index is 11.7. The number of nitrogens with one attached hydrogen (secondary N) is 2. The Morgan fingerprint density at radius 3 is 2.76 bits per heavy atom. The second-order valence-corrected chi connectivity index (χ2v) is 5.80. The molecule has 0 aliphatic carbocycles. The van der Waals surface area contributed by atoms with Crippen LogP contribution in [0.2, 0.25) is 0 Å². The van der Waals surface area contributed by atoms with Gasteiger partial charge in [-0.1, -0.05) is 6.07 Å². The van der Waals surface area contributed by atoms with Crippen LogP contribution in [0.25, 0.3) is 0 Å². The minimum atomic E-state index is -0.506. The maximum Gasteiger partial charge on any atom is 0.321 e. The quantitative estimate of drug-likeness (QED) is 0.891. The average molecular weight is 291 g/mol. The van der Waals surface area contributed by atoms with E-state index in [4.69, 9.17) is 9.47 Å². The third-order valence-electron chi connectivity index (χ3n) is 3.65. The van der Waals surface area contributed by atoms with Gasteiger partial charge in [0.25, 0.3) is 0 Å². The van der Waals surface area contributed by atoms with Gasteiger partial charge in [0.05, 0.1) is 19.3 Å². The fourth-order valence-corrected chi connectivity index (χ4v) is 2.49. The molecule has 0 radical (unpaired) electrons. The SMILES string of the molecule is CC1(C)OCC(Nc2cccc(N3CCNC3=O)c2)CO1. The molecule has 3 rings (SSSR count). The zero-order chi connectivity index (χ0) is 14.9. The minimum absolute atomic E-state index is 0.0433. The van der Waals surface area contributed by atoms with Crippen LogP contribution in [-0.2, 0) is 9.47 Å². The number of benzene rings is 1. The topological polar surface area (TPSA) is 62.8 Å². The molecule has 114 valence electrons. The molecule has 0 aromatic heterocycles. The third-order valence-corrected chi connectivity index (χ3v) is 3.65. The smallest absolute Gasteiger partial charge is 0.321 e. The summed E-state index contributed by atoms with van der Waals surface area (Å²) in [5, 5.41) is 6.19. The molecule has 6 nitrogen and oxygen atoms in total. The van der Waals surface area contributed by atoms with Crippen LogP contribution >= 0.6 is 0 Å². The van der Waals surface area contributed by atoms with Gasteiger partial charge in [-0.15, -0.1) is 0 Å². The second-order valence-electron chi connectivity index (χ2n) is 5.80. The lowest BCUT2D eigenvalue weighted by Crippen LogP contribution is -2.45. The van der Waals surface area contributed by atoms with Gasteiger partial charge in [-0.25, -0.2) is 4.79 Å². The lowest BCUT2D eigenvalue weighted by molar-refractivity contribution is -0.247. The predicted octanol–water partition coefficient (Wildman–Crippen LogP) is 1.78. The van der Waals surface area contributed by atoms with Gasteiger partial charge in [0, 0.05) is 24.5 Å². The predicted molar refractivity (Wildman–Crippen MR) is 80.6 cm³/mol. The van der Waals surface area contributed by atoms with E-state index in [2.05, 4.69) is 10.6 Å². The van der Waals surface area contributed by atoms with E-state index in [9.17, 15) is 4.79 Å². The average Bonchev–Trinajstić information content (AvgIpc) is 2.88. The Kier molecular flexibility index (Phi) is 3.73. The first kappa shape index (κ1) is 14.2. The third kappa shape index (κ3) is 3.28. The standard InChI is InChI=1S/C15H21N3O3/c1-15(2)20-9-12(10-21-15)17-11-4-3-5-13(8-11)18-7-6-16-14(18)19/h3-5,8,12,17H,6-7,9-10H2,1-2H3,(H,16,19). The highest BCUT2D eigenvalue weighted by Gasteiger charge is 2.28. The number of carbonyl (C=O) groups is 1. The van der Waals surface area contributed by atoms with E-state index in [1.54, 1.807) is 4.90 Å². The van der Waals surface area contributed by atoms with E-state index in [0.717, 1.165) is 11.4 Å². The fraction of sp³-hybridized carbons (Fsp3) is 0.533. The van der Waals surface area contributed by atoms with Crippen molar-refractivity contribution < 1.29 is 14.3 Å². The summed E-state index contributed by atoms with van der Waals surface area (Å²) in [5.41, 5.74) is 1.86. The highest BCUT2D eigenvalue weighted by molar-refractivity contribution is 5.94. The van der Waals surface area contributed by atoms with Crippen molar-refractivity contribution in [1.82, 2.24) is 5.32 Å². The lowest BCUT2D eigenvalue weighted by atomic mass is 10.2. The Morgan fingerprint density at radius 1 is 1.33 bits per heavy atom. The summed E-state index contributed by atoms with van der Waals surface area (Å²) < 4.78 is 11.3. The van der Waals surface area contributed by atoms with E-state index in [-0.39, 0.29) is 12.1 Å². The molecule has 1 aromatic carbocycles. The summed E-state index contributed by atoms with van der Waals surface area (Å²) >= 11 is 0. The molecular formula is C15H21N3O3. The zero-order valence-electron chi connectivity index (χ0n) is 12.4. The minimum Gasteiger partial charge on any atom is -0.378 e. The van der Waals surface area contributed by atoms with Crippen LogP contribution in [-0.4, -0.2) is 44.2 Å². The van der Waals surface area contributed by atoms with E-state index >= 15 is 0 Å². The van der Waals surface area contributed by atoms with Gasteiger partial charge in [-0.3, -0.25) is 4.90 Å². The molecule has 2 N–H and O–H groups in total. The van der Waals surface area contributed by atoms with Crippen LogP contribution in [0.15, 0.2) is 24.3 Å². The van der Waals surface area contributed by atoms with Gasteiger partial charge in [0.1, 0.15) is 0 Å². The van der Waals surface area contributed by atoms with Crippen molar-refractivity contribution in [2.75, 3.05) is 36.5 Å². The molecular weight excluding hydrogens is 270 g/mol. The first-order valence-corrected chi connectivity index (χ1v) is 7.23. The highest BCUT2D eigenvalue weighted by Crippen LogP contribution is 2.23. The van der Waals surface area contributed by atoms with Crippen LogP contribution < -0.4 is 15.5 Å². The molecule has 6 heteroatoms. The van der Waals surface area contributed by atoms with Gasteiger partial charge in [0.15, 0.2) is 5.79 Å². The van der Waals surface area contributed by atoms with Crippen LogP contribution in [0.1, 0.15) is 13.8 Å². The summed E-state index contributed by atoms with van der Waals surface area (Å²) in [6.07, 6.45) is 0. The normalized spacial score (nSPS) is 22.2. The van der Waals surface area contributed by atoms with Gasteiger partial charge in [-0.2, -0.15) is 0 Å². The molecule has 0 unspecified atom stereocenters. The molecule has 0 saturated carbocycles. The number of hydrogen-bond donors (Lipinski definition) is 2. The van der Waals surface area contributed by atoms with Crippen molar-refractivity contribution in [3.8, 4) is 0 Å². The number of ether oxygens (including phenoxy) is 2. The monoisotopic (exact) mass is 291 g/mol. The van der Waals surface area contributed by atoms with Crippen LogP contribution in [0.3, 0.4) is 0 Å². The molecule has 2 saturated heterocycles. The highest BCUT2D eigenvalue weighted by atomic mass is 16.7. The van der Waals surface area contributed by atoms with Crippen molar-refractivity contribution in [2.24, 2.45) is 0 Å². The number of anilines is 2. The molecule has 0 spiro atoms. The lowest BCUT2D eigenvalue weighted by Gasteiger charge is -2.35. The second kappa shape index (κ2) is 5.54. The Balaban J connectivity index is 1.65. The van der Waals surface area contributed by atoms with E-state index in [1.165, 1.54) is 0 Å². The summed E-state index contributed by atoms with van der Waals surface area (Å²) in [5.74, 6) is -0.506. The molecule has 2 aliphatic rings. The van der Waals surface area contributed by atoms with Gasteiger partial charge in [0.2, 0.25) is 0 Å².